The number of amides is 1. The Morgan fingerprint density at radius 1 is 0.846 bits per heavy atom. The molecule has 0 saturated heterocycles. The van der Waals surface area contributed by atoms with Gasteiger partial charge in [0.1, 0.15) is 11.6 Å². The summed E-state index contributed by atoms with van der Waals surface area (Å²) in [5.74, 6) is -0.451. The van der Waals surface area contributed by atoms with E-state index in [0.29, 0.717) is 22.6 Å². The lowest BCUT2D eigenvalue weighted by Crippen LogP contribution is -2.20. The molecule has 0 heterocycles. The van der Waals surface area contributed by atoms with E-state index in [1.165, 1.54) is 18.2 Å². The molecule has 0 atom stereocenters. The lowest BCUT2D eigenvalue weighted by Gasteiger charge is -2.08. The van der Waals surface area contributed by atoms with Crippen molar-refractivity contribution in [3.63, 3.8) is 0 Å². The summed E-state index contributed by atoms with van der Waals surface area (Å²) in [4.78, 5) is 24.2. The van der Waals surface area contributed by atoms with Crippen LogP contribution in [-0.4, -0.2) is 18.3 Å². The number of ketones is 1. The zero-order chi connectivity index (χ0) is 18.4. The van der Waals surface area contributed by atoms with E-state index in [1.807, 2.05) is 18.2 Å². The van der Waals surface area contributed by atoms with Crippen molar-refractivity contribution in [1.29, 1.82) is 0 Å². The molecular formula is C21H16FNO3. The minimum atomic E-state index is -0.428. The maximum atomic E-state index is 13.1. The highest BCUT2D eigenvalue weighted by Crippen LogP contribution is 2.16. The topological polar surface area (TPSA) is 55.4 Å². The smallest absolute Gasteiger partial charge is 0.262 e. The number of ether oxygens (including phenoxy) is 1. The van der Waals surface area contributed by atoms with Crippen LogP contribution in [0.1, 0.15) is 15.9 Å². The summed E-state index contributed by atoms with van der Waals surface area (Å²) in [6, 6.07) is 21.1. The van der Waals surface area contributed by atoms with Crippen LogP contribution in [0.25, 0.3) is 0 Å². The Morgan fingerprint density at radius 2 is 1.54 bits per heavy atom. The van der Waals surface area contributed by atoms with Crippen LogP contribution in [0.2, 0.25) is 0 Å². The summed E-state index contributed by atoms with van der Waals surface area (Å²) < 4.78 is 18.5. The number of hydrogen-bond acceptors (Lipinski definition) is 3. The second-order valence-corrected chi connectivity index (χ2v) is 5.57. The van der Waals surface area contributed by atoms with Crippen molar-refractivity contribution < 1.29 is 18.7 Å². The number of anilines is 1. The Labute approximate surface area is 150 Å². The van der Waals surface area contributed by atoms with E-state index in [1.54, 1.807) is 42.5 Å². The minimum absolute atomic E-state index is 0.0824. The molecule has 0 unspecified atom stereocenters. The molecule has 0 aliphatic carbocycles. The largest absolute Gasteiger partial charge is 0.484 e. The fraction of sp³-hybridized carbons (Fsp3) is 0.0476. The van der Waals surface area contributed by atoms with Gasteiger partial charge < -0.3 is 10.1 Å². The Kier molecular flexibility index (Phi) is 5.39. The van der Waals surface area contributed by atoms with Crippen molar-refractivity contribution >= 4 is 17.4 Å². The first kappa shape index (κ1) is 17.4. The predicted octanol–water partition coefficient (Wildman–Crippen LogP) is 4.07. The molecule has 0 aromatic heterocycles. The second kappa shape index (κ2) is 8.07. The van der Waals surface area contributed by atoms with E-state index in [4.69, 9.17) is 4.74 Å². The Balaban J connectivity index is 1.56. The van der Waals surface area contributed by atoms with Crippen LogP contribution in [0, 0.1) is 5.82 Å². The average Bonchev–Trinajstić information content (AvgIpc) is 2.67. The van der Waals surface area contributed by atoms with E-state index in [0.717, 1.165) is 0 Å². The molecule has 0 aliphatic rings. The molecular weight excluding hydrogens is 333 g/mol. The van der Waals surface area contributed by atoms with Gasteiger partial charge in [-0.25, -0.2) is 4.39 Å². The number of carbonyl (C=O) groups is 2. The fourth-order valence-electron chi connectivity index (χ4n) is 2.37. The SMILES string of the molecule is O=C(COc1ccc(C(=O)c2ccccc2)cc1)Nc1cccc(F)c1. The van der Waals surface area contributed by atoms with Gasteiger partial charge in [-0.2, -0.15) is 0 Å². The number of hydrogen-bond donors (Lipinski definition) is 1. The molecule has 0 fully saturated rings. The summed E-state index contributed by atoms with van der Waals surface area (Å²) in [5.41, 5.74) is 1.51. The van der Waals surface area contributed by atoms with Gasteiger partial charge in [0.25, 0.3) is 5.91 Å². The molecule has 0 spiro atoms. The van der Waals surface area contributed by atoms with Gasteiger partial charge in [-0.1, -0.05) is 36.4 Å². The third-order valence-electron chi connectivity index (χ3n) is 3.63. The molecule has 0 radical (unpaired) electrons. The number of nitrogens with one attached hydrogen (secondary N) is 1. The second-order valence-electron chi connectivity index (χ2n) is 5.57. The van der Waals surface area contributed by atoms with Crippen LogP contribution in [0.3, 0.4) is 0 Å². The third kappa shape index (κ3) is 4.54. The quantitative estimate of drug-likeness (QED) is 0.683. The number of halogens is 1. The lowest BCUT2D eigenvalue weighted by molar-refractivity contribution is -0.118. The zero-order valence-corrected chi connectivity index (χ0v) is 13.8. The van der Waals surface area contributed by atoms with Crippen molar-refractivity contribution in [3.8, 4) is 5.75 Å². The number of rotatable bonds is 6. The van der Waals surface area contributed by atoms with Crippen molar-refractivity contribution in [3.05, 3.63) is 95.8 Å². The van der Waals surface area contributed by atoms with Crippen LogP contribution in [0.5, 0.6) is 5.75 Å². The number of benzene rings is 3. The van der Waals surface area contributed by atoms with Gasteiger partial charge in [0.15, 0.2) is 12.4 Å². The van der Waals surface area contributed by atoms with E-state index in [-0.39, 0.29) is 12.4 Å². The maximum absolute atomic E-state index is 13.1. The van der Waals surface area contributed by atoms with Crippen LogP contribution >= 0.6 is 0 Å². The Morgan fingerprint density at radius 3 is 2.23 bits per heavy atom. The van der Waals surface area contributed by atoms with Gasteiger partial charge in [-0.3, -0.25) is 9.59 Å². The van der Waals surface area contributed by atoms with Crippen LogP contribution in [-0.2, 0) is 4.79 Å². The Bertz CT molecular complexity index is 908. The summed E-state index contributed by atoms with van der Waals surface area (Å²) >= 11 is 0. The predicted molar refractivity (Wildman–Crippen MR) is 96.8 cm³/mol. The first-order chi connectivity index (χ1) is 12.6. The molecule has 1 amide bonds. The lowest BCUT2D eigenvalue weighted by atomic mass is 10.0. The molecule has 5 heteroatoms. The first-order valence-corrected chi connectivity index (χ1v) is 8.00. The molecule has 3 aromatic rings. The highest BCUT2D eigenvalue weighted by Gasteiger charge is 2.09. The summed E-state index contributed by atoms with van der Waals surface area (Å²) in [6.45, 7) is -0.220. The van der Waals surface area contributed by atoms with Crippen molar-refractivity contribution in [2.45, 2.75) is 0 Å². The number of carbonyl (C=O) groups excluding carboxylic acids is 2. The van der Waals surface area contributed by atoms with Gasteiger partial charge in [0.05, 0.1) is 0 Å². The highest BCUT2D eigenvalue weighted by molar-refractivity contribution is 6.09. The fourth-order valence-corrected chi connectivity index (χ4v) is 2.37. The third-order valence-corrected chi connectivity index (χ3v) is 3.63. The zero-order valence-electron chi connectivity index (χ0n) is 13.8. The first-order valence-electron chi connectivity index (χ1n) is 8.00. The van der Waals surface area contributed by atoms with Crippen molar-refractivity contribution in [2.24, 2.45) is 0 Å². The summed E-state index contributed by atoms with van der Waals surface area (Å²) in [6.07, 6.45) is 0. The molecule has 0 saturated carbocycles. The molecule has 3 rings (SSSR count). The van der Waals surface area contributed by atoms with Crippen LogP contribution in [0.4, 0.5) is 10.1 Å². The van der Waals surface area contributed by atoms with Crippen LogP contribution < -0.4 is 10.1 Å². The van der Waals surface area contributed by atoms with E-state index >= 15 is 0 Å². The molecule has 0 aliphatic heterocycles. The molecule has 3 aromatic carbocycles. The monoisotopic (exact) mass is 349 g/mol. The van der Waals surface area contributed by atoms with Gasteiger partial charge in [0.2, 0.25) is 0 Å². The van der Waals surface area contributed by atoms with Crippen LogP contribution in [0.15, 0.2) is 78.9 Å². The average molecular weight is 349 g/mol. The normalized spacial score (nSPS) is 10.2. The summed E-state index contributed by atoms with van der Waals surface area (Å²) in [7, 11) is 0. The van der Waals surface area contributed by atoms with Gasteiger partial charge >= 0.3 is 0 Å². The van der Waals surface area contributed by atoms with E-state index < -0.39 is 11.7 Å². The van der Waals surface area contributed by atoms with Gasteiger partial charge in [0, 0.05) is 16.8 Å². The highest BCUT2D eigenvalue weighted by atomic mass is 19.1. The van der Waals surface area contributed by atoms with Gasteiger partial charge in [-0.05, 0) is 42.5 Å². The molecule has 4 nitrogen and oxygen atoms in total. The van der Waals surface area contributed by atoms with E-state index in [2.05, 4.69) is 5.32 Å². The van der Waals surface area contributed by atoms with E-state index in [9.17, 15) is 14.0 Å². The maximum Gasteiger partial charge on any atom is 0.262 e. The van der Waals surface area contributed by atoms with Crippen molar-refractivity contribution in [1.82, 2.24) is 0 Å². The molecule has 26 heavy (non-hydrogen) atoms. The summed E-state index contributed by atoms with van der Waals surface area (Å²) in [5, 5.41) is 2.55. The van der Waals surface area contributed by atoms with Gasteiger partial charge in [-0.15, -0.1) is 0 Å². The molecule has 1 N–H and O–H groups in total. The Hall–Kier alpha value is -3.47. The molecule has 130 valence electrons. The van der Waals surface area contributed by atoms with Crippen molar-refractivity contribution in [2.75, 3.05) is 11.9 Å². The standard InChI is InChI=1S/C21H16FNO3/c22-17-7-4-8-18(13-17)23-20(24)14-26-19-11-9-16(10-12-19)21(25)15-5-2-1-3-6-15/h1-13H,14H2,(H,23,24). The minimum Gasteiger partial charge on any atom is -0.484 e. The molecule has 0 bridgehead atoms.